The molecule has 0 saturated heterocycles. The van der Waals surface area contributed by atoms with E-state index in [4.69, 9.17) is 0 Å². The number of nitrogens with zero attached hydrogens (tertiary/aromatic N) is 1. The van der Waals surface area contributed by atoms with Crippen LogP contribution in [-0.4, -0.2) is 44.3 Å². The second-order valence-electron chi connectivity index (χ2n) is 3.82. The molecule has 88 valence electrons. The molecule has 1 aromatic heterocycles. The van der Waals surface area contributed by atoms with Gasteiger partial charge in [-0.3, -0.25) is 4.98 Å². The van der Waals surface area contributed by atoms with Gasteiger partial charge in [0.25, 0.3) is 0 Å². The van der Waals surface area contributed by atoms with E-state index < -0.39 is 0 Å². The molecule has 5 nitrogen and oxygen atoms in total. The summed E-state index contributed by atoms with van der Waals surface area (Å²) in [7, 11) is 0. The molecule has 0 saturated carbocycles. The average molecular weight is 221 g/mol. The van der Waals surface area contributed by atoms with Gasteiger partial charge in [-0.2, -0.15) is 0 Å². The molecule has 0 radical (unpaired) electrons. The van der Waals surface area contributed by atoms with Gasteiger partial charge in [-0.1, -0.05) is 0 Å². The predicted molar refractivity (Wildman–Crippen MR) is 67.0 cm³/mol. The van der Waals surface area contributed by atoms with Crippen molar-refractivity contribution in [2.24, 2.45) is 0 Å². The Morgan fingerprint density at radius 2 is 1.25 bits per heavy atom. The third-order valence-corrected chi connectivity index (χ3v) is 2.48. The van der Waals surface area contributed by atoms with Crippen molar-refractivity contribution in [3.63, 3.8) is 0 Å². The summed E-state index contributed by atoms with van der Waals surface area (Å²) in [6, 6.07) is 2.09. The van der Waals surface area contributed by atoms with Crippen molar-refractivity contribution < 1.29 is 0 Å². The van der Waals surface area contributed by atoms with Crippen LogP contribution in [0.1, 0.15) is 0 Å². The Labute approximate surface area is 96.0 Å². The van der Waals surface area contributed by atoms with Crippen LogP contribution in [0.4, 0.5) is 11.4 Å². The van der Waals surface area contributed by atoms with E-state index in [9.17, 15) is 0 Å². The molecule has 0 unspecified atom stereocenters. The van der Waals surface area contributed by atoms with E-state index in [1.54, 1.807) is 0 Å². The monoisotopic (exact) mass is 221 g/mol. The first kappa shape index (κ1) is 11.2. The number of anilines is 2. The largest absolute Gasteiger partial charge is 0.382 e. The van der Waals surface area contributed by atoms with Crippen molar-refractivity contribution in [2.45, 2.75) is 0 Å². The first-order valence-electron chi connectivity index (χ1n) is 5.79. The molecule has 0 atom stereocenters. The molecule has 1 aliphatic heterocycles. The summed E-state index contributed by atoms with van der Waals surface area (Å²) < 4.78 is 0. The Kier molecular flexibility index (Phi) is 4.39. The predicted octanol–water partition coefficient (Wildman–Crippen LogP) is 0.0982. The van der Waals surface area contributed by atoms with Crippen LogP contribution in [0.15, 0.2) is 18.5 Å². The van der Waals surface area contributed by atoms with Gasteiger partial charge in [-0.15, -0.1) is 0 Å². The summed E-state index contributed by atoms with van der Waals surface area (Å²) in [5.41, 5.74) is 2.14. The van der Waals surface area contributed by atoms with Crippen molar-refractivity contribution >= 4 is 11.4 Å². The highest BCUT2D eigenvalue weighted by molar-refractivity contribution is 5.53. The highest BCUT2D eigenvalue weighted by Crippen LogP contribution is 2.11. The third-order valence-electron chi connectivity index (χ3n) is 2.48. The first-order valence-corrected chi connectivity index (χ1v) is 5.79. The molecule has 0 fully saturated rings. The molecule has 2 rings (SSSR count). The maximum absolute atomic E-state index is 4.19. The summed E-state index contributed by atoms with van der Waals surface area (Å²) in [5.74, 6) is 0. The molecule has 5 heteroatoms. The Hall–Kier alpha value is -1.33. The van der Waals surface area contributed by atoms with Crippen LogP contribution >= 0.6 is 0 Å². The molecule has 2 heterocycles. The van der Waals surface area contributed by atoms with E-state index in [-0.39, 0.29) is 0 Å². The maximum Gasteiger partial charge on any atom is 0.0547 e. The fourth-order valence-electron chi connectivity index (χ4n) is 1.65. The number of hydrogen-bond donors (Lipinski definition) is 4. The molecule has 0 aliphatic carbocycles. The summed E-state index contributed by atoms with van der Waals surface area (Å²) in [6.45, 7) is 5.81. The van der Waals surface area contributed by atoms with Crippen molar-refractivity contribution in [1.29, 1.82) is 0 Å². The number of rotatable bonds is 0. The van der Waals surface area contributed by atoms with Gasteiger partial charge >= 0.3 is 0 Å². The lowest BCUT2D eigenvalue weighted by Gasteiger charge is -2.08. The average Bonchev–Trinajstić information content (AvgIpc) is 2.32. The smallest absolute Gasteiger partial charge is 0.0547 e. The van der Waals surface area contributed by atoms with Gasteiger partial charge in [0, 0.05) is 39.3 Å². The fourth-order valence-corrected chi connectivity index (χ4v) is 1.65. The topological polar surface area (TPSA) is 61.0 Å². The van der Waals surface area contributed by atoms with Gasteiger partial charge in [-0.25, -0.2) is 0 Å². The van der Waals surface area contributed by atoms with Crippen molar-refractivity contribution in [3.8, 4) is 0 Å². The van der Waals surface area contributed by atoms with E-state index in [1.807, 2.05) is 12.4 Å². The molecule has 1 aromatic rings. The van der Waals surface area contributed by atoms with Crippen LogP contribution in [-0.2, 0) is 0 Å². The second kappa shape index (κ2) is 6.30. The lowest BCUT2D eigenvalue weighted by Crippen LogP contribution is -2.32. The zero-order valence-corrected chi connectivity index (χ0v) is 9.42. The highest BCUT2D eigenvalue weighted by Gasteiger charge is 1.97. The van der Waals surface area contributed by atoms with Crippen molar-refractivity contribution in [1.82, 2.24) is 15.6 Å². The van der Waals surface area contributed by atoms with Gasteiger partial charge in [0.2, 0.25) is 0 Å². The van der Waals surface area contributed by atoms with Crippen LogP contribution in [0, 0.1) is 0 Å². The molecule has 0 amide bonds. The standard InChI is InChI=1S/C11H19N5/c1-2-13-4-6-16-11-7-10(8-14-9-11)15-5-3-12-1/h7-9,12-13,15-16H,1-6H2. The lowest BCUT2D eigenvalue weighted by atomic mass is 10.3. The number of aromatic nitrogens is 1. The van der Waals surface area contributed by atoms with Gasteiger partial charge in [0.1, 0.15) is 0 Å². The van der Waals surface area contributed by atoms with Crippen LogP contribution < -0.4 is 21.3 Å². The molecular weight excluding hydrogens is 202 g/mol. The number of pyridine rings is 1. The molecule has 0 aromatic carbocycles. The second-order valence-corrected chi connectivity index (χ2v) is 3.82. The number of hydrogen-bond acceptors (Lipinski definition) is 5. The van der Waals surface area contributed by atoms with Crippen molar-refractivity contribution in [2.75, 3.05) is 49.9 Å². The zero-order chi connectivity index (χ0) is 11.1. The highest BCUT2D eigenvalue weighted by atomic mass is 15.0. The van der Waals surface area contributed by atoms with Crippen LogP contribution in [0.25, 0.3) is 0 Å². The third kappa shape index (κ3) is 3.67. The molecule has 16 heavy (non-hydrogen) atoms. The summed E-state index contributed by atoms with van der Waals surface area (Å²) in [4.78, 5) is 4.19. The van der Waals surface area contributed by atoms with E-state index in [0.29, 0.717) is 0 Å². The Bertz CT molecular complexity index is 288. The minimum Gasteiger partial charge on any atom is -0.382 e. The van der Waals surface area contributed by atoms with E-state index >= 15 is 0 Å². The van der Waals surface area contributed by atoms with Gasteiger partial charge in [-0.05, 0) is 6.07 Å². The van der Waals surface area contributed by atoms with Gasteiger partial charge < -0.3 is 21.3 Å². The quantitative estimate of drug-likeness (QED) is 0.500. The minimum absolute atomic E-state index is 0.922. The fraction of sp³-hybridized carbons (Fsp3) is 0.545. The van der Waals surface area contributed by atoms with E-state index in [1.165, 1.54) is 0 Å². The Morgan fingerprint density at radius 1 is 0.750 bits per heavy atom. The normalized spacial score (nSPS) is 18.2. The molecule has 1 aliphatic rings. The molecule has 2 bridgehead atoms. The molecular formula is C11H19N5. The Morgan fingerprint density at radius 3 is 1.81 bits per heavy atom. The lowest BCUT2D eigenvalue weighted by molar-refractivity contribution is 0.627. The maximum atomic E-state index is 4.19. The Balaban J connectivity index is 1.95. The van der Waals surface area contributed by atoms with Crippen LogP contribution in [0.5, 0.6) is 0 Å². The van der Waals surface area contributed by atoms with Crippen LogP contribution in [0.3, 0.4) is 0 Å². The summed E-state index contributed by atoms with van der Waals surface area (Å²) in [5, 5.41) is 13.4. The summed E-state index contributed by atoms with van der Waals surface area (Å²) in [6.07, 6.45) is 3.70. The number of nitrogens with one attached hydrogen (secondary N) is 4. The van der Waals surface area contributed by atoms with E-state index in [2.05, 4.69) is 32.3 Å². The molecule has 0 spiro atoms. The molecule has 4 N–H and O–H groups in total. The number of fused-ring (bicyclic) bond motifs is 2. The van der Waals surface area contributed by atoms with Gasteiger partial charge in [0.15, 0.2) is 0 Å². The summed E-state index contributed by atoms with van der Waals surface area (Å²) >= 11 is 0. The van der Waals surface area contributed by atoms with Crippen molar-refractivity contribution in [3.05, 3.63) is 18.5 Å². The first-order chi connectivity index (χ1) is 7.95. The zero-order valence-electron chi connectivity index (χ0n) is 9.42. The van der Waals surface area contributed by atoms with Crippen LogP contribution in [0.2, 0.25) is 0 Å². The van der Waals surface area contributed by atoms with E-state index in [0.717, 1.165) is 50.6 Å². The SMILES string of the molecule is c1ncc2cc1NCCNCCNCCN2. The van der Waals surface area contributed by atoms with Gasteiger partial charge in [0.05, 0.1) is 23.8 Å². The minimum atomic E-state index is 0.922.